The third-order valence-corrected chi connectivity index (χ3v) is 5.98. The van der Waals surface area contributed by atoms with Gasteiger partial charge in [0.15, 0.2) is 9.84 Å². The minimum atomic E-state index is -2.73. The van der Waals surface area contributed by atoms with E-state index >= 15 is 0 Å². The molecule has 2 fully saturated rings. The Kier molecular flexibility index (Phi) is 5.04. The van der Waals surface area contributed by atoms with Gasteiger partial charge in [-0.3, -0.25) is 4.90 Å². The molecule has 0 aliphatic carbocycles. The van der Waals surface area contributed by atoms with E-state index in [4.69, 9.17) is 0 Å². The number of hydrogen-bond donors (Lipinski definition) is 1. The summed E-state index contributed by atoms with van der Waals surface area (Å²) in [6.45, 7) is 6.60. The molecule has 1 N–H and O–H groups in total. The summed E-state index contributed by atoms with van der Waals surface area (Å²) in [4.78, 5) is 2.40. The van der Waals surface area contributed by atoms with Crippen molar-refractivity contribution >= 4 is 9.84 Å². The molecule has 2 aliphatic rings. The fraction of sp³-hybridized carbons (Fsp3) is 1.00. The maximum Gasteiger partial charge on any atom is 0.151 e. The minimum absolute atomic E-state index is 0.305. The van der Waals surface area contributed by atoms with E-state index in [0.29, 0.717) is 17.5 Å². The highest BCUT2D eigenvalue weighted by molar-refractivity contribution is 7.91. The van der Waals surface area contributed by atoms with Gasteiger partial charge in [0.05, 0.1) is 11.5 Å². The standard InChI is InChI=1S/C13H26N2O2S/c1-2-6-14-10-12-3-7-15(8-4-12)13-5-9-18(16,17)11-13/h12-14H,2-11H2,1H3. The van der Waals surface area contributed by atoms with Crippen LogP contribution in [0.1, 0.15) is 32.6 Å². The molecule has 2 aliphatic heterocycles. The molecular formula is C13H26N2O2S. The van der Waals surface area contributed by atoms with E-state index in [1.807, 2.05) is 0 Å². The lowest BCUT2D eigenvalue weighted by Gasteiger charge is -2.35. The second-order valence-corrected chi connectivity index (χ2v) is 7.97. The molecule has 2 rings (SSSR count). The first-order valence-corrected chi connectivity index (χ1v) is 9.08. The van der Waals surface area contributed by atoms with Crippen LogP contribution in [0.15, 0.2) is 0 Å². The van der Waals surface area contributed by atoms with Crippen molar-refractivity contribution in [3.63, 3.8) is 0 Å². The highest BCUT2D eigenvalue weighted by atomic mass is 32.2. The second kappa shape index (κ2) is 6.35. The van der Waals surface area contributed by atoms with Gasteiger partial charge in [0, 0.05) is 6.04 Å². The van der Waals surface area contributed by atoms with Crippen LogP contribution in [0.2, 0.25) is 0 Å². The zero-order valence-electron chi connectivity index (χ0n) is 11.4. The summed E-state index contributed by atoms with van der Waals surface area (Å²) in [7, 11) is -2.73. The van der Waals surface area contributed by atoms with Gasteiger partial charge in [-0.2, -0.15) is 0 Å². The molecule has 1 atom stereocenters. The van der Waals surface area contributed by atoms with Gasteiger partial charge in [0.1, 0.15) is 0 Å². The first-order chi connectivity index (χ1) is 8.61. The number of nitrogens with one attached hydrogen (secondary N) is 1. The number of nitrogens with zero attached hydrogens (tertiary/aromatic N) is 1. The van der Waals surface area contributed by atoms with E-state index in [1.165, 1.54) is 19.3 Å². The van der Waals surface area contributed by atoms with E-state index in [0.717, 1.165) is 38.5 Å². The number of likely N-dealkylation sites (tertiary alicyclic amines) is 1. The molecular weight excluding hydrogens is 248 g/mol. The fourth-order valence-electron chi connectivity index (χ4n) is 3.07. The van der Waals surface area contributed by atoms with Crippen LogP contribution >= 0.6 is 0 Å². The largest absolute Gasteiger partial charge is 0.316 e. The zero-order chi connectivity index (χ0) is 13.0. The van der Waals surface area contributed by atoms with Crippen molar-refractivity contribution in [2.24, 2.45) is 5.92 Å². The van der Waals surface area contributed by atoms with Crippen molar-refractivity contribution < 1.29 is 8.42 Å². The van der Waals surface area contributed by atoms with Crippen molar-refractivity contribution in [1.29, 1.82) is 0 Å². The van der Waals surface area contributed by atoms with E-state index in [2.05, 4.69) is 17.1 Å². The van der Waals surface area contributed by atoms with Gasteiger partial charge in [-0.05, 0) is 57.8 Å². The monoisotopic (exact) mass is 274 g/mol. The summed E-state index contributed by atoms with van der Waals surface area (Å²) in [6.07, 6.45) is 4.47. The molecule has 106 valence electrons. The molecule has 0 bridgehead atoms. The molecule has 0 amide bonds. The number of piperidine rings is 1. The Morgan fingerprint density at radius 2 is 1.94 bits per heavy atom. The lowest BCUT2D eigenvalue weighted by molar-refractivity contribution is 0.142. The average Bonchev–Trinajstić information content (AvgIpc) is 2.71. The van der Waals surface area contributed by atoms with Gasteiger partial charge >= 0.3 is 0 Å². The maximum atomic E-state index is 11.5. The van der Waals surface area contributed by atoms with Crippen LogP contribution < -0.4 is 5.32 Å². The van der Waals surface area contributed by atoms with Crippen molar-refractivity contribution in [3.05, 3.63) is 0 Å². The zero-order valence-corrected chi connectivity index (χ0v) is 12.2. The van der Waals surface area contributed by atoms with E-state index in [-0.39, 0.29) is 0 Å². The Morgan fingerprint density at radius 3 is 2.50 bits per heavy atom. The number of sulfone groups is 1. The summed E-state index contributed by atoms with van der Waals surface area (Å²) in [6, 6.07) is 0.305. The Hall–Kier alpha value is -0.130. The number of rotatable bonds is 5. The molecule has 18 heavy (non-hydrogen) atoms. The fourth-order valence-corrected chi connectivity index (χ4v) is 4.83. The normalized spacial score (nSPS) is 29.7. The third-order valence-electron chi connectivity index (χ3n) is 4.23. The van der Waals surface area contributed by atoms with Gasteiger partial charge in [0.2, 0.25) is 0 Å². The summed E-state index contributed by atoms with van der Waals surface area (Å²) >= 11 is 0. The molecule has 5 heteroatoms. The van der Waals surface area contributed by atoms with E-state index in [1.54, 1.807) is 0 Å². The second-order valence-electron chi connectivity index (χ2n) is 5.74. The van der Waals surface area contributed by atoms with Crippen LogP contribution in [0.25, 0.3) is 0 Å². The van der Waals surface area contributed by atoms with Gasteiger partial charge in [-0.25, -0.2) is 8.42 Å². The summed E-state index contributed by atoms with van der Waals surface area (Å²) in [5.74, 6) is 1.58. The summed E-state index contributed by atoms with van der Waals surface area (Å²) < 4.78 is 23.0. The van der Waals surface area contributed by atoms with Crippen LogP contribution in [0.3, 0.4) is 0 Å². The molecule has 2 saturated heterocycles. The molecule has 0 saturated carbocycles. The quantitative estimate of drug-likeness (QED) is 0.756. The van der Waals surface area contributed by atoms with Crippen LogP contribution in [-0.4, -0.2) is 57.0 Å². The van der Waals surface area contributed by atoms with Crippen molar-refractivity contribution in [2.75, 3.05) is 37.7 Å². The van der Waals surface area contributed by atoms with E-state index in [9.17, 15) is 8.42 Å². The molecule has 2 heterocycles. The highest BCUT2D eigenvalue weighted by Crippen LogP contribution is 2.24. The molecule has 0 aromatic carbocycles. The molecule has 0 radical (unpaired) electrons. The van der Waals surface area contributed by atoms with Crippen molar-refractivity contribution in [3.8, 4) is 0 Å². The van der Waals surface area contributed by atoms with E-state index < -0.39 is 9.84 Å². The topological polar surface area (TPSA) is 49.4 Å². The molecule has 4 nitrogen and oxygen atoms in total. The average molecular weight is 274 g/mol. The summed E-state index contributed by atoms with van der Waals surface area (Å²) in [5.41, 5.74) is 0. The molecule has 0 aromatic rings. The van der Waals surface area contributed by atoms with Gasteiger partial charge in [-0.15, -0.1) is 0 Å². The van der Waals surface area contributed by atoms with Crippen molar-refractivity contribution in [1.82, 2.24) is 10.2 Å². The number of hydrogen-bond acceptors (Lipinski definition) is 4. The highest BCUT2D eigenvalue weighted by Gasteiger charge is 2.33. The lowest BCUT2D eigenvalue weighted by Crippen LogP contribution is -2.43. The Morgan fingerprint density at radius 1 is 1.22 bits per heavy atom. The van der Waals surface area contributed by atoms with Gasteiger partial charge in [0.25, 0.3) is 0 Å². The lowest BCUT2D eigenvalue weighted by atomic mass is 9.95. The Balaban J connectivity index is 1.70. The first kappa shape index (κ1) is 14.3. The predicted octanol–water partition coefficient (Wildman–Crippen LogP) is 0.885. The smallest absolute Gasteiger partial charge is 0.151 e. The maximum absolute atomic E-state index is 11.5. The SMILES string of the molecule is CCCNCC1CCN(C2CCS(=O)(=O)C2)CC1. The minimum Gasteiger partial charge on any atom is -0.316 e. The van der Waals surface area contributed by atoms with Crippen LogP contribution in [-0.2, 0) is 9.84 Å². The van der Waals surface area contributed by atoms with Gasteiger partial charge in [-0.1, -0.05) is 6.92 Å². The predicted molar refractivity (Wildman–Crippen MR) is 74.5 cm³/mol. The molecule has 0 aromatic heterocycles. The van der Waals surface area contributed by atoms with Crippen LogP contribution in [0.5, 0.6) is 0 Å². The Labute approximate surface area is 111 Å². The van der Waals surface area contributed by atoms with Crippen LogP contribution in [0, 0.1) is 5.92 Å². The summed E-state index contributed by atoms with van der Waals surface area (Å²) in [5, 5.41) is 3.49. The van der Waals surface area contributed by atoms with Gasteiger partial charge < -0.3 is 5.32 Å². The first-order valence-electron chi connectivity index (χ1n) is 7.26. The van der Waals surface area contributed by atoms with Crippen LogP contribution in [0.4, 0.5) is 0 Å². The molecule has 1 unspecified atom stereocenters. The third kappa shape index (κ3) is 3.93. The van der Waals surface area contributed by atoms with Crippen molar-refractivity contribution in [2.45, 2.75) is 38.6 Å². The molecule has 0 spiro atoms. The Bertz CT molecular complexity index is 348.